The number of aromatic nitrogens is 4. The monoisotopic (exact) mass is 521 g/mol. The van der Waals surface area contributed by atoms with Crippen LogP contribution >= 0.6 is 23.6 Å². The number of nitrogen functional groups attached to an aromatic ring is 1. The Morgan fingerprint density at radius 3 is 2.59 bits per heavy atom. The highest BCUT2D eigenvalue weighted by Crippen LogP contribution is 2.39. The van der Waals surface area contributed by atoms with Crippen LogP contribution in [0.4, 0.5) is 16.6 Å². The summed E-state index contributed by atoms with van der Waals surface area (Å²) in [4.78, 5) is 3.96. The van der Waals surface area contributed by atoms with E-state index >= 15 is 0 Å². The summed E-state index contributed by atoms with van der Waals surface area (Å²) >= 11 is 1.63. The van der Waals surface area contributed by atoms with E-state index in [9.17, 15) is 13.0 Å². The normalized spacial score (nSPS) is 12.0. The minimum atomic E-state index is -4.67. The molecular formula is C18H15N7O6S3. The first-order valence-electron chi connectivity index (χ1n) is 9.20. The van der Waals surface area contributed by atoms with Crippen molar-refractivity contribution >= 4 is 50.3 Å². The standard InChI is InChI=1S/C18H15N7O6S3/c1-10-20-18(32-24-10)22-21-16-15(11-5-3-2-4-6-11)23-25(17(16)19)13-9-12(33-31-30-26)7-8-14(13)34(27,28)29/h2-9,26H,19H2,1H3,(H,27,28,29). The topological polar surface area (TPSA) is 187 Å². The molecule has 176 valence electrons. The molecule has 2 aromatic heterocycles. The van der Waals surface area contributed by atoms with Gasteiger partial charge < -0.3 is 5.73 Å². The fourth-order valence-corrected chi connectivity index (χ4v) is 4.45. The van der Waals surface area contributed by atoms with E-state index in [2.05, 4.69) is 34.1 Å². The molecule has 0 spiro atoms. The lowest BCUT2D eigenvalue weighted by Crippen LogP contribution is -2.09. The summed E-state index contributed by atoms with van der Waals surface area (Å²) in [6.45, 7) is 1.71. The van der Waals surface area contributed by atoms with Crippen molar-refractivity contribution in [2.24, 2.45) is 10.2 Å². The molecule has 4 aromatic rings. The van der Waals surface area contributed by atoms with Gasteiger partial charge in [-0.05, 0) is 25.1 Å². The van der Waals surface area contributed by atoms with E-state index in [-0.39, 0.29) is 17.2 Å². The largest absolute Gasteiger partial charge is 0.382 e. The van der Waals surface area contributed by atoms with Gasteiger partial charge in [-0.15, -0.1) is 14.6 Å². The smallest absolute Gasteiger partial charge is 0.296 e. The van der Waals surface area contributed by atoms with Crippen molar-refractivity contribution in [3.63, 3.8) is 0 Å². The van der Waals surface area contributed by atoms with E-state index in [1.807, 2.05) is 6.07 Å². The number of anilines is 1. The highest BCUT2D eigenvalue weighted by atomic mass is 32.2. The van der Waals surface area contributed by atoms with Crippen molar-refractivity contribution in [3.05, 3.63) is 54.4 Å². The fourth-order valence-electron chi connectivity index (χ4n) is 2.90. The quantitative estimate of drug-likeness (QED) is 0.0981. The fraction of sp³-hybridized carbons (Fsp3) is 0.0556. The first-order chi connectivity index (χ1) is 16.3. The molecule has 2 aromatic carbocycles. The zero-order valence-electron chi connectivity index (χ0n) is 17.1. The second-order valence-corrected chi connectivity index (χ2v) is 9.41. The zero-order valence-corrected chi connectivity index (χ0v) is 19.6. The summed E-state index contributed by atoms with van der Waals surface area (Å²) in [5.74, 6) is 0.474. The van der Waals surface area contributed by atoms with Crippen LogP contribution in [-0.2, 0) is 19.5 Å². The van der Waals surface area contributed by atoms with Gasteiger partial charge in [0.25, 0.3) is 10.1 Å². The SMILES string of the molecule is Cc1nsc(N=Nc2c(-c3ccccc3)nn(-c3cc(SOOO)ccc3S(=O)(=O)O)c2N)n1. The molecule has 4 rings (SSSR count). The van der Waals surface area contributed by atoms with Crippen LogP contribution in [0.15, 0.2) is 68.6 Å². The highest BCUT2D eigenvalue weighted by Gasteiger charge is 2.24. The molecule has 0 amide bonds. The van der Waals surface area contributed by atoms with Gasteiger partial charge in [0.05, 0.1) is 17.7 Å². The molecule has 4 N–H and O–H groups in total. The van der Waals surface area contributed by atoms with E-state index in [1.54, 1.807) is 31.2 Å². The van der Waals surface area contributed by atoms with Crippen LogP contribution < -0.4 is 5.73 Å². The van der Waals surface area contributed by atoms with Gasteiger partial charge in [-0.3, -0.25) is 4.55 Å². The third-order valence-corrected chi connectivity index (χ3v) is 6.46. The first kappa shape index (κ1) is 23.9. The lowest BCUT2D eigenvalue weighted by atomic mass is 10.1. The van der Waals surface area contributed by atoms with Crippen molar-refractivity contribution in [2.75, 3.05) is 5.73 Å². The lowest BCUT2D eigenvalue weighted by Gasteiger charge is -2.10. The summed E-state index contributed by atoms with van der Waals surface area (Å²) in [6, 6.07) is 12.7. The lowest BCUT2D eigenvalue weighted by molar-refractivity contribution is -0.432. The minimum absolute atomic E-state index is 0.0600. The number of hydrogen-bond acceptors (Lipinski definition) is 13. The molecule has 0 saturated carbocycles. The number of azo groups is 1. The summed E-state index contributed by atoms with van der Waals surface area (Å²) < 4.78 is 43.4. The molecule has 0 aliphatic rings. The molecule has 0 saturated heterocycles. The Bertz CT molecular complexity index is 1450. The van der Waals surface area contributed by atoms with E-state index in [4.69, 9.17) is 11.0 Å². The predicted molar refractivity (Wildman–Crippen MR) is 123 cm³/mol. The highest BCUT2D eigenvalue weighted by molar-refractivity contribution is 7.94. The van der Waals surface area contributed by atoms with Gasteiger partial charge >= 0.3 is 0 Å². The number of nitrogens with zero attached hydrogens (tertiary/aromatic N) is 6. The molecule has 0 unspecified atom stereocenters. The van der Waals surface area contributed by atoms with Crippen LogP contribution in [-0.4, -0.2) is 37.4 Å². The van der Waals surface area contributed by atoms with Crippen LogP contribution in [0.5, 0.6) is 0 Å². The molecule has 16 heteroatoms. The van der Waals surface area contributed by atoms with Crippen molar-refractivity contribution in [1.29, 1.82) is 0 Å². The second-order valence-electron chi connectivity index (χ2n) is 6.51. The average molecular weight is 522 g/mol. The number of hydrogen-bond donors (Lipinski definition) is 3. The van der Waals surface area contributed by atoms with Crippen LogP contribution in [0.2, 0.25) is 0 Å². The molecule has 0 atom stereocenters. The number of aryl methyl sites for hydroxylation is 1. The zero-order chi connectivity index (χ0) is 24.3. The Kier molecular flexibility index (Phi) is 6.98. The van der Waals surface area contributed by atoms with Gasteiger partial charge in [0.15, 0.2) is 11.5 Å². The average Bonchev–Trinajstić information content (AvgIpc) is 3.38. The maximum atomic E-state index is 12.1. The Morgan fingerprint density at radius 1 is 1.18 bits per heavy atom. The molecule has 0 radical (unpaired) electrons. The Morgan fingerprint density at radius 2 is 1.94 bits per heavy atom. The van der Waals surface area contributed by atoms with E-state index in [0.29, 0.717) is 39.2 Å². The van der Waals surface area contributed by atoms with Gasteiger partial charge in [-0.2, -0.15) is 17.9 Å². The maximum Gasteiger partial charge on any atom is 0.296 e. The van der Waals surface area contributed by atoms with Gasteiger partial charge in [-0.25, -0.2) is 14.9 Å². The van der Waals surface area contributed by atoms with Gasteiger partial charge in [0.1, 0.15) is 16.4 Å². The summed E-state index contributed by atoms with van der Waals surface area (Å²) in [7, 11) is -4.67. The number of rotatable bonds is 8. The van der Waals surface area contributed by atoms with E-state index in [1.165, 1.54) is 12.1 Å². The van der Waals surface area contributed by atoms with Crippen molar-refractivity contribution < 1.29 is 27.6 Å². The van der Waals surface area contributed by atoms with Gasteiger partial charge in [0.2, 0.25) is 5.13 Å². The number of benzene rings is 2. The van der Waals surface area contributed by atoms with Gasteiger partial charge in [-0.1, -0.05) is 35.4 Å². The molecule has 0 bridgehead atoms. The van der Waals surface area contributed by atoms with Crippen LogP contribution in [0.3, 0.4) is 0 Å². The third kappa shape index (κ3) is 5.12. The van der Waals surface area contributed by atoms with Gasteiger partial charge in [0, 0.05) is 22.0 Å². The van der Waals surface area contributed by atoms with E-state index < -0.39 is 15.0 Å². The second kappa shape index (κ2) is 9.94. The maximum absolute atomic E-state index is 12.1. The van der Waals surface area contributed by atoms with Crippen molar-refractivity contribution in [2.45, 2.75) is 16.7 Å². The third-order valence-electron chi connectivity index (χ3n) is 4.29. The van der Waals surface area contributed by atoms with E-state index in [0.717, 1.165) is 22.3 Å². The molecule has 13 nitrogen and oxygen atoms in total. The Hall–Kier alpha value is -3.25. The summed E-state index contributed by atoms with van der Waals surface area (Å²) in [5.41, 5.74) is 7.32. The van der Waals surface area contributed by atoms with Crippen LogP contribution in [0.1, 0.15) is 5.82 Å². The molecule has 0 fully saturated rings. The van der Waals surface area contributed by atoms with Crippen LogP contribution in [0.25, 0.3) is 16.9 Å². The van der Waals surface area contributed by atoms with Crippen LogP contribution in [0, 0.1) is 6.92 Å². The first-order valence-corrected chi connectivity index (χ1v) is 12.2. The summed E-state index contributed by atoms with van der Waals surface area (Å²) in [5, 5.41) is 25.0. The molecule has 0 aliphatic carbocycles. The number of nitrogens with two attached hydrogens (primary N) is 1. The van der Waals surface area contributed by atoms with Crippen molar-refractivity contribution in [3.8, 4) is 16.9 Å². The molecule has 34 heavy (non-hydrogen) atoms. The Labute approximate surface area is 200 Å². The minimum Gasteiger partial charge on any atom is -0.382 e. The molecule has 2 heterocycles. The molecule has 0 aliphatic heterocycles. The predicted octanol–water partition coefficient (Wildman–Crippen LogP) is 4.37. The Balaban J connectivity index is 1.92. The van der Waals surface area contributed by atoms with Crippen molar-refractivity contribution in [1.82, 2.24) is 19.1 Å². The summed E-state index contributed by atoms with van der Waals surface area (Å²) in [6.07, 6.45) is 0. The molecular weight excluding hydrogens is 506 g/mol.